The van der Waals surface area contributed by atoms with Gasteiger partial charge in [-0.05, 0) is 74.5 Å². The number of hydrogen-bond donors (Lipinski definition) is 2. The fourth-order valence-electron chi connectivity index (χ4n) is 5.56. The Morgan fingerprint density at radius 3 is 2.26 bits per heavy atom. The second-order valence-corrected chi connectivity index (χ2v) is 7.63. The minimum absolute atomic E-state index is 0. The zero-order valence-corrected chi connectivity index (χ0v) is 14.6. The fraction of sp³-hybridized carbons (Fsp3) is 0.632. The van der Waals surface area contributed by atoms with Gasteiger partial charge < -0.3 is 10.6 Å². The van der Waals surface area contributed by atoms with Crippen LogP contribution in [0.1, 0.15) is 37.7 Å². The second-order valence-electron chi connectivity index (χ2n) is 7.63. The highest BCUT2D eigenvalue weighted by molar-refractivity contribution is 5.93. The van der Waals surface area contributed by atoms with Crippen molar-refractivity contribution in [1.82, 2.24) is 5.32 Å². The van der Waals surface area contributed by atoms with Crippen molar-refractivity contribution >= 4 is 24.0 Å². The van der Waals surface area contributed by atoms with Crippen LogP contribution in [0.15, 0.2) is 24.3 Å². The molecule has 0 aromatic heterocycles. The minimum atomic E-state index is 0. The van der Waals surface area contributed by atoms with Crippen LogP contribution in [0.4, 0.5) is 5.69 Å². The molecule has 0 heterocycles. The maximum absolute atomic E-state index is 12.9. The Bertz CT molecular complexity index is 546. The molecule has 126 valence electrons. The molecule has 4 heteroatoms. The van der Waals surface area contributed by atoms with E-state index in [0.29, 0.717) is 11.8 Å². The van der Waals surface area contributed by atoms with E-state index in [1.165, 1.54) is 37.7 Å². The van der Waals surface area contributed by atoms with Gasteiger partial charge in [-0.3, -0.25) is 4.79 Å². The van der Waals surface area contributed by atoms with Gasteiger partial charge in [-0.1, -0.05) is 18.2 Å². The van der Waals surface area contributed by atoms with Crippen LogP contribution in [0, 0.1) is 29.6 Å². The zero-order chi connectivity index (χ0) is 15.1. The van der Waals surface area contributed by atoms with E-state index in [4.69, 9.17) is 0 Å². The lowest BCUT2D eigenvalue weighted by molar-refractivity contribution is -0.132. The predicted molar refractivity (Wildman–Crippen MR) is 95.6 cm³/mol. The summed E-state index contributed by atoms with van der Waals surface area (Å²) in [5.74, 6) is 3.67. The molecule has 4 fully saturated rings. The lowest BCUT2D eigenvalue weighted by atomic mass is 9.51. The van der Waals surface area contributed by atoms with Gasteiger partial charge in [0.15, 0.2) is 0 Å². The van der Waals surface area contributed by atoms with E-state index in [2.05, 4.69) is 16.7 Å². The molecule has 1 aromatic carbocycles. The molecule has 0 aliphatic heterocycles. The first-order valence-electron chi connectivity index (χ1n) is 8.78. The number of benzene rings is 1. The van der Waals surface area contributed by atoms with Gasteiger partial charge in [0, 0.05) is 18.2 Å². The van der Waals surface area contributed by atoms with Gasteiger partial charge in [0.25, 0.3) is 0 Å². The molecule has 4 aliphatic carbocycles. The van der Waals surface area contributed by atoms with E-state index < -0.39 is 0 Å². The second kappa shape index (κ2) is 6.82. The van der Waals surface area contributed by atoms with Crippen molar-refractivity contribution in [2.45, 2.75) is 38.6 Å². The van der Waals surface area contributed by atoms with Gasteiger partial charge in [-0.15, -0.1) is 12.4 Å². The molecular formula is C19H27ClN2O. The highest BCUT2D eigenvalue weighted by Gasteiger charge is 2.50. The van der Waals surface area contributed by atoms with E-state index in [1.54, 1.807) is 0 Å². The van der Waals surface area contributed by atoms with Crippen LogP contribution in [0.5, 0.6) is 0 Å². The summed E-state index contributed by atoms with van der Waals surface area (Å²) < 4.78 is 0. The molecule has 0 radical (unpaired) electrons. The first-order chi connectivity index (χ1) is 10.7. The van der Waals surface area contributed by atoms with Crippen molar-refractivity contribution < 1.29 is 4.79 Å². The van der Waals surface area contributed by atoms with E-state index in [0.717, 1.165) is 24.1 Å². The van der Waals surface area contributed by atoms with Crippen LogP contribution in [0.2, 0.25) is 0 Å². The average Bonchev–Trinajstić information content (AvgIpc) is 2.48. The summed E-state index contributed by atoms with van der Waals surface area (Å²) in [7, 11) is 1.94. The van der Waals surface area contributed by atoms with Gasteiger partial charge >= 0.3 is 0 Å². The van der Waals surface area contributed by atoms with Crippen LogP contribution in [-0.4, -0.2) is 13.0 Å². The molecule has 0 saturated heterocycles. The maximum atomic E-state index is 12.9. The summed E-state index contributed by atoms with van der Waals surface area (Å²) in [5.41, 5.74) is 2.15. The molecule has 1 aromatic rings. The molecular weight excluding hydrogens is 308 g/mol. The lowest BCUT2D eigenvalue weighted by Gasteiger charge is -2.53. The number of hydrogen-bond acceptors (Lipinski definition) is 2. The van der Waals surface area contributed by atoms with Crippen molar-refractivity contribution in [2.24, 2.45) is 29.6 Å². The molecule has 4 saturated carbocycles. The normalized spacial score (nSPS) is 34.0. The van der Waals surface area contributed by atoms with E-state index in [9.17, 15) is 4.79 Å². The molecule has 0 unspecified atom stereocenters. The van der Waals surface area contributed by atoms with E-state index >= 15 is 0 Å². The number of rotatable bonds is 4. The van der Waals surface area contributed by atoms with Gasteiger partial charge in [-0.2, -0.15) is 0 Å². The fourth-order valence-corrected chi connectivity index (χ4v) is 5.56. The molecule has 2 N–H and O–H groups in total. The summed E-state index contributed by atoms with van der Waals surface area (Å²) in [5, 5.41) is 6.42. The van der Waals surface area contributed by atoms with Crippen molar-refractivity contribution in [2.75, 3.05) is 12.4 Å². The van der Waals surface area contributed by atoms with Crippen molar-refractivity contribution in [3.63, 3.8) is 0 Å². The first-order valence-corrected chi connectivity index (χ1v) is 8.78. The topological polar surface area (TPSA) is 41.1 Å². The number of halogens is 1. The van der Waals surface area contributed by atoms with Gasteiger partial charge in [0.2, 0.25) is 5.91 Å². The number of amides is 1. The molecule has 1 amide bonds. The monoisotopic (exact) mass is 334 g/mol. The van der Waals surface area contributed by atoms with Gasteiger partial charge in [0.05, 0.1) is 0 Å². The number of para-hydroxylation sites is 1. The third-order valence-electron chi connectivity index (χ3n) is 6.17. The minimum Gasteiger partial charge on any atom is -0.326 e. The zero-order valence-electron chi connectivity index (χ0n) is 13.8. The molecule has 4 bridgehead atoms. The summed E-state index contributed by atoms with van der Waals surface area (Å²) in [6, 6.07) is 8.15. The van der Waals surface area contributed by atoms with Crippen LogP contribution in [-0.2, 0) is 11.3 Å². The third kappa shape index (κ3) is 3.14. The standard InChI is InChI=1S/C19H26N2O.ClH/c1-20-11-14-4-2-3-5-17(14)21-19(22)18-15-7-12-6-13(9-15)10-16(18)8-12;/h2-5,12-13,15-16,18,20H,6-11H2,1H3,(H,21,22);1H. The molecule has 0 spiro atoms. The Balaban J connectivity index is 0.00000156. The summed E-state index contributed by atoms with van der Waals surface area (Å²) in [4.78, 5) is 12.9. The van der Waals surface area contributed by atoms with Crippen LogP contribution < -0.4 is 10.6 Å². The molecule has 23 heavy (non-hydrogen) atoms. The van der Waals surface area contributed by atoms with E-state index in [-0.39, 0.29) is 24.2 Å². The Morgan fingerprint density at radius 2 is 1.65 bits per heavy atom. The van der Waals surface area contributed by atoms with Crippen LogP contribution in [0.25, 0.3) is 0 Å². The highest BCUT2D eigenvalue weighted by Crippen LogP contribution is 2.56. The Hall–Kier alpha value is -1.06. The SMILES string of the molecule is CNCc1ccccc1NC(=O)C1C2CC3CC(C2)CC1C3.Cl. The number of carbonyl (C=O) groups excluding carboxylic acids is 1. The Labute approximate surface area is 145 Å². The number of carbonyl (C=O) groups is 1. The molecule has 4 aliphatic rings. The highest BCUT2D eigenvalue weighted by atomic mass is 35.5. The average molecular weight is 335 g/mol. The van der Waals surface area contributed by atoms with Crippen molar-refractivity contribution in [3.05, 3.63) is 29.8 Å². The van der Waals surface area contributed by atoms with Crippen LogP contribution in [0.3, 0.4) is 0 Å². The summed E-state index contributed by atoms with van der Waals surface area (Å²) >= 11 is 0. The van der Waals surface area contributed by atoms with Crippen molar-refractivity contribution in [3.8, 4) is 0 Å². The van der Waals surface area contributed by atoms with Crippen molar-refractivity contribution in [1.29, 1.82) is 0 Å². The molecule has 5 rings (SSSR count). The number of anilines is 1. The van der Waals surface area contributed by atoms with Crippen LogP contribution >= 0.6 is 12.4 Å². The Morgan fingerprint density at radius 1 is 1.04 bits per heavy atom. The molecule has 0 atom stereocenters. The van der Waals surface area contributed by atoms with Gasteiger partial charge in [0.1, 0.15) is 0 Å². The van der Waals surface area contributed by atoms with Gasteiger partial charge in [-0.25, -0.2) is 0 Å². The quantitative estimate of drug-likeness (QED) is 0.878. The summed E-state index contributed by atoms with van der Waals surface area (Å²) in [6.45, 7) is 0.790. The van der Waals surface area contributed by atoms with E-state index in [1.807, 2.05) is 25.2 Å². The predicted octanol–water partition coefficient (Wildman–Crippen LogP) is 3.84. The molecule has 3 nitrogen and oxygen atoms in total. The maximum Gasteiger partial charge on any atom is 0.228 e. The summed E-state index contributed by atoms with van der Waals surface area (Å²) in [6.07, 6.45) is 6.62. The largest absolute Gasteiger partial charge is 0.326 e. The third-order valence-corrected chi connectivity index (χ3v) is 6.17. The smallest absolute Gasteiger partial charge is 0.228 e. The number of nitrogens with one attached hydrogen (secondary N) is 2. The Kier molecular flexibility index (Phi) is 4.98. The first kappa shape index (κ1) is 16.8. The lowest BCUT2D eigenvalue weighted by Crippen LogP contribution is -2.49.